The van der Waals surface area contributed by atoms with Crippen LogP contribution in [0.25, 0.3) is 0 Å². The third-order valence-electron chi connectivity index (χ3n) is 6.13. The van der Waals surface area contributed by atoms with Crippen molar-refractivity contribution in [3.05, 3.63) is 82.3 Å². The number of ether oxygens (including phenoxy) is 2. The van der Waals surface area contributed by atoms with E-state index in [4.69, 9.17) is 9.47 Å². The first-order chi connectivity index (χ1) is 12.9. The third-order valence-corrected chi connectivity index (χ3v) is 6.85. The predicted octanol–water partition coefficient (Wildman–Crippen LogP) is 4.60. The molecule has 2 aromatic rings. The van der Waals surface area contributed by atoms with Crippen LogP contribution in [0.5, 0.6) is 0 Å². The van der Waals surface area contributed by atoms with E-state index in [1.165, 1.54) is 0 Å². The molecule has 1 heterocycles. The molecule has 4 heteroatoms. The summed E-state index contributed by atoms with van der Waals surface area (Å²) in [6.45, 7) is 3.82. The van der Waals surface area contributed by atoms with E-state index in [0.29, 0.717) is 0 Å². The summed E-state index contributed by atoms with van der Waals surface area (Å²) in [6.07, 6.45) is 1.71. The molecule has 0 bridgehead atoms. The van der Waals surface area contributed by atoms with Gasteiger partial charge in [-0.3, -0.25) is 4.79 Å². The monoisotopic (exact) mass is 424 g/mol. The maximum Gasteiger partial charge on any atom is 0.164 e. The average Bonchev–Trinajstić information content (AvgIpc) is 2.99. The average molecular weight is 425 g/mol. The van der Waals surface area contributed by atoms with Gasteiger partial charge in [0.2, 0.25) is 0 Å². The van der Waals surface area contributed by atoms with Crippen molar-refractivity contribution in [3.8, 4) is 0 Å². The van der Waals surface area contributed by atoms with E-state index in [-0.39, 0.29) is 29.8 Å². The highest BCUT2D eigenvalue weighted by Gasteiger charge is 2.69. The van der Waals surface area contributed by atoms with Gasteiger partial charge in [-0.25, -0.2) is 0 Å². The van der Waals surface area contributed by atoms with E-state index in [9.17, 15) is 4.79 Å². The standard InChI is InChI=1S/C23H21BrO3/c1-22(2)26-19-17(24)13-16-18(20(19)27-22)21(25)23(16,14-9-5-3-6-10-14)15-11-7-4-8-12-15/h3-13,16,18-20H,1-2H3/t16-,18-,19-,20+/m0/s1. The molecule has 0 aromatic heterocycles. The molecule has 1 saturated heterocycles. The van der Waals surface area contributed by atoms with E-state index < -0.39 is 11.2 Å². The largest absolute Gasteiger partial charge is 0.343 e. The molecule has 0 spiro atoms. The third kappa shape index (κ3) is 2.30. The lowest BCUT2D eigenvalue weighted by Gasteiger charge is -2.56. The first-order valence-corrected chi connectivity index (χ1v) is 10.1. The Morgan fingerprint density at radius 3 is 2.00 bits per heavy atom. The smallest absolute Gasteiger partial charge is 0.164 e. The summed E-state index contributed by atoms with van der Waals surface area (Å²) < 4.78 is 13.2. The predicted molar refractivity (Wildman–Crippen MR) is 106 cm³/mol. The fourth-order valence-electron chi connectivity index (χ4n) is 5.12. The van der Waals surface area contributed by atoms with Crippen LogP contribution in [0, 0.1) is 11.8 Å². The molecular formula is C23H21BrO3. The summed E-state index contributed by atoms with van der Waals surface area (Å²) in [4.78, 5) is 13.8. The quantitative estimate of drug-likeness (QED) is 0.706. The first-order valence-electron chi connectivity index (χ1n) is 9.33. The van der Waals surface area contributed by atoms with Gasteiger partial charge in [-0.2, -0.15) is 0 Å². The Morgan fingerprint density at radius 1 is 0.889 bits per heavy atom. The number of Topliss-reactive ketones (excluding diaryl/α,β-unsaturated/α-hetero) is 1. The highest BCUT2D eigenvalue weighted by atomic mass is 79.9. The lowest BCUT2D eigenvalue weighted by atomic mass is 9.45. The van der Waals surface area contributed by atoms with E-state index in [1.807, 2.05) is 50.2 Å². The molecule has 2 aliphatic carbocycles. The fourth-order valence-corrected chi connectivity index (χ4v) is 5.75. The van der Waals surface area contributed by atoms with Crippen LogP contribution in [0.2, 0.25) is 0 Å². The van der Waals surface area contributed by atoms with Crippen molar-refractivity contribution in [3.63, 3.8) is 0 Å². The fraction of sp³-hybridized carbons (Fsp3) is 0.348. The van der Waals surface area contributed by atoms with Crippen LogP contribution in [-0.4, -0.2) is 23.8 Å². The van der Waals surface area contributed by atoms with Crippen LogP contribution in [0.4, 0.5) is 0 Å². The van der Waals surface area contributed by atoms with Crippen molar-refractivity contribution in [1.82, 2.24) is 0 Å². The molecule has 3 aliphatic rings. The van der Waals surface area contributed by atoms with E-state index >= 15 is 0 Å². The van der Waals surface area contributed by atoms with Gasteiger partial charge in [0.1, 0.15) is 12.2 Å². The number of hydrogen-bond donors (Lipinski definition) is 0. The first kappa shape index (κ1) is 17.4. The molecule has 5 rings (SSSR count). The molecule has 3 nitrogen and oxygen atoms in total. The maximum absolute atomic E-state index is 13.8. The van der Waals surface area contributed by atoms with Gasteiger partial charge < -0.3 is 9.47 Å². The Balaban J connectivity index is 1.68. The second-order valence-electron chi connectivity index (χ2n) is 8.03. The molecule has 0 N–H and O–H groups in total. The minimum atomic E-state index is -0.685. The van der Waals surface area contributed by atoms with E-state index in [2.05, 4.69) is 46.3 Å². The minimum absolute atomic E-state index is 0.0305. The number of halogens is 1. The van der Waals surface area contributed by atoms with E-state index in [0.717, 1.165) is 15.6 Å². The van der Waals surface area contributed by atoms with Gasteiger partial charge >= 0.3 is 0 Å². The van der Waals surface area contributed by atoms with Gasteiger partial charge in [0.25, 0.3) is 0 Å². The topological polar surface area (TPSA) is 35.5 Å². The zero-order valence-electron chi connectivity index (χ0n) is 15.3. The van der Waals surface area contributed by atoms with Gasteiger partial charge in [-0.15, -0.1) is 0 Å². The van der Waals surface area contributed by atoms with Crippen LogP contribution in [0.3, 0.4) is 0 Å². The number of allylic oxidation sites excluding steroid dienone is 1. The number of carbonyl (C=O) groups is 1. The molecule has 4 atom stereocenters. The number of rotatable bonds is 2. The Bertz CT molecular complexity index is 880. The van der Waals surface area contributed by atoms with Gasteiger partial charge in [0.15, 0.2) is 11.6 Å². The lowest BCUT2D eigenvalue weighted by molar-refractivity contribution is -0.166. The van der Waals surface area contributed by atoms with Crippen LogP contribution >= 0.6 is 15.9 Å². The summed E-state index contributed by atoms with van der Waals surface area (Å²) in [6, 6.07) is 20.2. The van der Waals surface area contributed by atoms with Crippen LogP contribution < -0.4 is 0 Å². The van der Waals surface area contributed by atoms with Crippen molar-refractivity contribution in [2.75, 3.05) is 0 Å². The van der Waals surface area contributed by atoms with Crippen molar-refractivity contribution in [2.24, 2.45) is 11.8 Å². The van der Waals surface area contributed by atoms with Gasteiger partial charge in [0.05, 0.1) is 11.3 Å². The zero-order valence-corrected chi connectivity index (χ0v) is 16.8. The molecule has 27 heavy (non-hydrogen) atoms. The normalized spacial score (nSPS) is 32.9. The summed E-state index contributed by atoms with van der Waals surface area (Å²) in [7, 11) is 0. The summed E-state index contributed by atoms with van der Waals surface area (Å²) in [5.74, 6) is -0.631. The molecule has 138 valence electrons. The van der Waals surface area contributed by atoms with Crippen molar-refractivity contribution in [1.29, 1.82) is 0 Å². The van der Waals surface area contributed by atoms with Crippen molar-refractivity contribution >= 4 is 21.7 Å². The number of benzene rings is 2. The Kier molecular flexibility index (Phi) is 3.77. The number of fused-ring (bicyclic) bond motifs is 3. The number of ketones is 1. The molecule has 0 amide bonds. The van der Waals surface area contributed by atoms with Gasteiger partial charge in [-0.1, -0.05) is 82.7 Å². The molecule has 0 unspecified atom stereocenters. The van der Waals surface area contributed by atoms with E-state index in [1.54, 1.807) is 0 Å². The molecule has 1 aliphatic heterocycles. The summed E-state index contributed by atoms with van der Waals surface area (Å²) in [5.41, 5.74) is 1.40. The second kappa shape index (κ2) is 5.87. The minimum Gasteiger partial charge on any atom is -0.343 e. The second-order valence-corrected chi connectivity index (χ2v) is 8.94. The SMILES string of the molecule is CC1(C)O[C@@H]2[C@H]3C(=O)C(c4ccccc4)(c4ccccc4)[C@H]3C=C(Br)[C@@H]2O1. The number of hydrogen-bond acceptors (Lipinski definition) is 3. The van der Waals surface area contributed by atoms with Gasteiger partial charge in [-0.05, 0) is 25.0 Å². The van der Waals surface area contributed by atoms with Gasteiger partial charge in [0, 0.05) is 10.4 Å². The summed E-state index contributed by atoms with van der Waals surface area (Å²) >= 11 is 3.71. The Morgan fingerprint density at radius 2 is 1.44 bits per heavy atom. The lowest BCUT2D eigenvalue weighted by Crippen LogP contribution is -2.67. The maximum atomic E-state index is 13.8. The van der Waals surface area contributed by atoms with Crippen molar-refractivity contribution in [2.45, 2.75) is 37.3 Å². The molecule has 2 aromatic carbocycles. The molecule has 1 saturated carbocycles. The van der Waals surface area contributed by atoms with Crippen LogP contribution in [-0.2, 0) is 19.7 Å². The Labute approximate surface area is 167 Å². The highest BCUT2D eigenvalue weighted by molar-refractivity contribution is 9.11. The molecule has 2 fully saturated rings. The highest BCUT2D eigenvalue weighted by Crippen LogP contribution is 2.61. The number of carbonyl (C=O) groups excluding carboxylic acids is 1. The molecular weight excluding hydrogens is 404 g/mol. The summed E-state index contributed by atoms with van der Waals surface area (Å²) in [5, 5.41) is 0. The van der Waals surface area contributed by atoms with Crippen LogP contribution in [0.1, 0.15) is 25.0 Å². The van der Waals surface area contributed by atoms with Crippen LogP contribution in [0.15, 0.2) is 71.2 Å². The Hall–Kier alpha value is -1.75. The zero-order chi connectivity index (χ0) is 18.8. The molecule has 0 radical (unpaired) electrons. The van der Waals surface area contributed by atoms with Crippen molar-refractivity contribution < 1.29 is 14.3 Å².